The third-order valence-electron chi connectivity index (χ3n) is 9.10. The Kier molecular flexibility index (Phi) is 6.40. The van der Waals surface area contributed by atoms with E-state index in [9.17, 15) is 4.79 Å². The molecule has 0 spiro atoms. The molecule has 0 aromatic heterocycles. The van der Waals surface area contributed by atoms with Gasteiger partial charge in [-0.25, -0.2) is 0 Å². The lowest BCUT2D eigenvalue weighted by molar-refractivity contribution is -0.133. The summed E-state index contributed by atoms with van der Waals surface area (Å²) in [5.74, 6) is 0.811. The molecule has 0 radical (unpaired) electrons. The molecule has 32 heavy (non-hydrogen) atoms. The van der Waals surface area contributed by atoms with Crippen molar-refractivity contribution in [1.29, 1.82) is 0 Å². The normalized spacial score (nSPS) is 30.8. The minimum Gasteiger partial charge on any atom is -0.299 e. The molecule has 0 N–H and O–H groups in total. The summed E-state index contributed by atoms with van der Waals surface area (Å²) < 4.78 is 0. The molecule has 4 atom stereocenters. The molecule has 1 heteroatoms. The molecular formula is C31H42O. The van der Waals surface area contributed by atoms with E-state index in [0.29, 0.717) is 5.78 Å². The van der Waals surface area contributed by atoms with Crippen molar-refractivity contribution in [3.63, 3.8) is 0 Å². The molecule has 2 aromatic carbocycles. The summed E-state index contributed by atoms with van der Waals surface area (Å²) in [4.78, 5) is 14.5. The third kappa shape index (κ3) is 3.97. The van der Waals surface area contributed by atoms with Crippen LogP contribution >= 0.6 is 0 Å². The quantitative estimate of drug-likeness (QED) is 0.479. The Hall–Kier alpha value is -1.89. The number of hydrogen-bond acceptors (Lipinski definition) is 1. The molecule has 0 bridgehead atoms. The van der Waals surface area contributed by atoms with Crippen molar-refractivity contribution in [2.45, 2.75) is 104 Å². The maximum atomic E-state index is 14.5. The molecular weight excluding hydrogens is 388 g/mol. The number of ketones is 1. The first-order valence-electron chi connectivity index (χ1n) is 12.9. The van der Waals surface area contributed by atoms with Gasteiger partial charge in [0.25, 0.3) is 0 Å². The van der Waals surface area contributed by atoms with E-state index in [2.05, 4.69) is 77.9 Å². The first kappa shape index (κ1) is 23.3. The zero-order chi connectivity index (χ0) is 23.1. The van der Waals surface area contributed by atoms with Gasteiger partial charge in [-0.15, -0.1) is 0 Å². The van der Waals surface area contributed by atoms with Crippen molar-refractivity contribution in [2.24, 2.45) is 11.8 Å². The largest absolute Gasteiger partial charge is 0.299 e. The zero-order valence-corrected chi connectivity index (χ0v) is 21.2. The first-order valence-corrected chi connectivity index (χ1v) is 12.9. The van der Waals surface area contributed by atoms with Crippen LogP contribution in [0.4, 0.5) is 0 Å². The molecule has 4 rings (SSSR count). The van der Waals surface area contributed by atoms with Crippen LogP contribution in [0.3, 0.4) is 0 Å². The highest BCUT2D eigenvalue weighted by molar-refractivity contribution is 5.87. The van der Waals surface area contributed by atoms with E-state index < -0.39 is 0 Å². The van der Waals surface area contributed by atoms with E-state index in [1.165, 1.54) is 59.1 Å². The summed E-state index contributed by atoms with van der Waals surface area (Å²) >= 11 is 0. The Bertz CT molecular complexity index is 922. The summed E-state index contributed by atoms with van der Waals surface area (Å²) in [6, 6.07) is 13.7. The van der Waals surface area contributed by atoms with Gasteiger partial charge in [-0.05, 0) is 75.6 Å². The van der Waals surface area contributed by atoms with Crippen LogP contribution in [0.2, 0.25) is 0 Å². The summed E-state index contributed by atoms with van der Waals surface area (Å²) in [6.07, 6.45) is 9.16. The van der Waals surface area contributed by atoms with Crippen molar-refractivity contribution in [1.82, 2.24) is 0 Å². The molecule has 2 fully saturated rings. The SMILES string of the molecule is Cc1ccc(C2(C)CCCCC2C(=O)C2CCCCC2(C)c2ccc(C)cc2C)c(C)c1. The Balaban J connectivity index is 1.74. The Morgan fingerprint density at radius 2 is 1.09 bits per heavy atom. The van der Waals surface area contributed by atoms with Gasteiger partial charge in [0.05, 0.1) is 0 Å². The van der Waals surface area contributed by atoms with Gasteiger partial charge in [-0.1, -0.05) is 87.1 Å². The Morgan fingerprint density at radius 1 is 0.688 bits per heavy atom. The maximum absolute atomic E-state index is 14.5. The number of carbonyl (C=O) groups excluding carboxylic acids is 1. The first-order chi connectivity index (χ1) is 15.2. The van der Waals surface area contributed by atoms with E-state index in [-0.39, 0.29) is 22.7 Å². The monoisotopic (exact) mass is 430 g/mol. The average Bonchev–Trinajstić information content (AvgIpc) is 2.73. The van der Waals surface area contributed by atoms with Crippen molar-refractivity contribution < 1.29 is 4.79 Å². The van der Waals surface area contributed by atoms with E-state index in [1.54, 1.807) is 0 Å². The smallest absolute Gasteiger partial charge is 0.140 e. The van der Waals surface area contributed by atoms with Gasteiger partial charge in [0.1, 0.15) is 5.78 Å². The predicted octanol–water partition coefficient (Wildman–Crippen LogP) is 8.09. The van der Waals surface area contributed by atoms with Crippen molar-refractivity contribution in [3.8, 4) is 0 Å². The highest BCUT2D eigenvalue weighted by Crippen LogP contribution is 2.51. The van der Waals surface area contributed by atoms with Crippen molar-refractivity contribution >= 4 is 5.78 Å². The van der Waals surface area contributed by atoms with Crippen LogP contribution in [0, 0.1) is 39.5 Å². The second kappa shape index (κ2) is 8.81. The minimum absolute atomic E-state index is 0.0478. The summed E-state index contributed by atoms with van der Waals surface area (Å²) in [5, 5.41) is 0. The second-order valence-electron chi connectivity index (χ2n) is 11.5. The Morgan fingerprint density at radius 3 is 1.47 bits per heavy atom. The van der Waals surface area contributed by atoms with Crippen LogP contribution in [0.5, 0.6) is 0 Å². The average molecular weight is 431 g/mol. The van der Waals surface area contributed by atoms with Gasteiger partial charge in [-0.2, -0.15) is 0 Å². The predicted molar refractivity (Wildman–Crippen MR) is 135 cm³/mol. The lowest BCUT2D eigenvalue weighted by atomic mass is 9.55. The maximum Gasteiger partial charge on any atom is 0.140 e. The summed E-state index contributed by atoms with van der Waals surface area (Å²) in [6.45, 7) is 13.6. The molecule has 2 aromatic rings. The number of carbonyl (C=O) groups is 1. The highest BCUT2D eigenvalue weighted by atomic mass is 16.1. The summed E-state index contributed by atoms with van der Waals surface area (Å²) in [5.41, 5.74) is 8.05. The molecule has 2 aliphatic rings. The van der Waals surface area contributed by atoms with Crippen molar-refractivity contribution in [2.75, 3.05) is 0 Å². The molecule has 0 amide bonds. The van der Waals surface area contributed by atoms with Gasteiger partial charge >= 0.3 is 0 Å². The standard InChI is InChI=1S/C31H42O/c1-21-13-15-25(23(3)19-21)30(5)17-9-7-11-27(30)29(32)28-12-8-10-18-31(28,6)26-16-14-22(2)20-24(26)4/h13-16,19-20,27-28H,7-12,17-18H2,1-6H3. The Labute approximate surface area is 196 Å². The number of Topliss-reactive ketones (excluding diaryl/α,β-unsaturated/α-hetero) is 1. The van der Waals surface area contributed by atoms with Crippen LogP contribution < -0.4 is 0 Å². The van der Waals surface area contributed by atoms with Crippen molar-refractivity contribution in [3.05, 3.63) is 69.8 Å². The fraction of sp³-hybridized carbons (Fsp3) is 0.581. The van der Waals surface area contributed by atoms with Gasteiger partial charge in [0.2, 0.25) is 0 Å². The van der Waals surface area contributed by atoms with Crippen LogP contribution in [0.25, 0.3) is 0 Å². The fourth-order valence-corrected chi connectivity index (χ4v) is 7.38. The van der Waals surface area contributed by atoms with E-state index in [1.807, 2.05) is 0 Å². The van der Waals surface area contributed by atoms with Gasteiger partial charge in [0.15, 0.2) is 0 Å². The van der Waals surface area contributed by atoms with Gasteiger partial charge in [-0.3, -0.25) is 4.79 Å². The zero-order valence-electron chi connectivity index (χ0n) is 21.2. The molecule has 0 heterocycles. The van der Waals surface area contributed by atoms with E-state index in [4.69, 9.17) is 0 Å². The molecule has 0 aliphatic heterocycles. The molecule has 2 aliphatic carbocycles. The molecule has 1 nitrogen and oxygen atoms in total. The third-order valence-corrected chi connectivity index (χ3v) is 9.10. The van der Waals surface area contributed by atoms with Crippen LogP contribution in [-0.2, 0) is 15.6 Å². The van der Waals surface area contributed by atoms with Crippen LogP contribution in [0.15, 0.2) is 36.4 Å². The number of benzene rings is 2. The molecule has 4 unspecified atom stereocenters. The van der Waals surface area contributed by atoms with Crippen LogP contribution in [0.1, 0.15) is 98.6 Å². The summed E-state index contributed by atoms with van der Waals surface area (Å²) in [7, 11) is 0. The fourth-order valence-electron chi connectivity index (χ4n) is 7.38. The molecule has 2 saturated carbocycles. The number of aryl methyl sites for hydroxylation is 4. The highest BCUT2D eigenvalue weighted by Gasteiger charge is 2.50. The topological polar surface area (TPSA) is 17.1 Å². The minimum atomic E-state index is -0.0478. The molecule has 0 saturated heterocycles. The van der Waals surface area contributed by atoms with Gasteiger partial charge in [0, 0.05) is 22.7 Å². The second-order valence-corrected chi connectivity index (χ2v) is 11.5. The number of rotatable bonds is 4. The number of hydrogen-bond donors (Lipinski definition) is 0. The van der Waals surface area contributed by atoms with Gasteiger partial charge < -0.3 is 0 Å². The lowest BCUT2D eigenvalue weighted by Gasteiger charge is -2.48. The van der Waals surface area contributed by atoms with E-state index >= 15 is 0 Å². The van der Waals surface area contributed by atoms with Crippen LogP contribution in [-0.4, -0.2) is 5.78 Å². The molecule has 172 valence electrons. The van der Waals surface area contributed by atoms with E-state index in [0.717, 1.165) is 25.7 Å². The lowest BCUT2D eigenvalue weighted by Crippen LogP contribution is -2.49.